The zero-order valence-corrected chi connectivity index (χ0v) is 13.7. The number of hydrogen-bond donors (Lipinski definition) is 2. The van der Waals surface area contributed by atoms with Crippen LogP contribution in [0.3, 0.4) is 0 Å². The summed E-state index contributed by atoms with van der Waals surface area (Å²) in [7, 11) is 0. The highest BCUT2D eigenvalue weighted by molar-refractivity contribution is 6.33. The number of aliphatic carboxylic acids is 1. The van der Waals surface area contributed by atoms with E-state index in [2.05, 4.69) is 10.2 Å². The first-order chi connectivity index (χ1) is 10.9. The lowest BCUT2D eigenvalue weighted by Gasteiger charge is -2.25. The fourth-order valence-electron chi connectivity index (χ4n) is 2.20. The maximum atomic E-state index is 12.6. The molecule has 23 heavy (non-hydrogen) atoms. The molecule has 2 N–H and O–H groups in total. The van der Waals surface area contributed by atoms with Crippen molar-refractivity contribution < 1.29 is 14.7 Å². The summed E-state index contributed by atoms with van der Waals surface area (Å²) in [5.41, 5.74) is 1.60. The Labute approximate surface area is 139 Å². The quantitative estimate of drug-likeness (QED) is 0.849. The number of carboxylic acid groups (broad SMARTS) is 1. The van der Waals surface area contributed by atoms with E-state index in [1.807, 2.05) is 32.0 Å². The van der Waals surface area contributed by atoms with Crippen LogP contribution in [0.4, 0.5) is 0 Å². The van der Waals surface area contributed by atoms with E-state index in [9.17, 15) is 9.59 Å². The lowest BCUT2D eigenvalue weighted by atomic mass is 10.1. The second kappa shape index (κ2) is 7.28. The molecule has 0 atom stereocenters. The van der Waals surface area contributed by atoms with Crippen LogP contribution in [0.1, 0.15) is 30.8 Å². The van der Waals surface area contributed by atoms with Gasteiger partial charge in [0.15, 0.2) is 0 Å². The third-order valence-corrected chi connectivity index (χ3v) is 3.74. The Morgan fingerprint density at radius 1 is 1.35 bits per heavy atom. The summed E-state index contributed by atoms with van der Waals surface area (Å²) in [6.45, 7) is 3.82. The van der Waals surface area contributed by atoms with Gasteiger partial charge in [-0.25, -0.2) is 0 Å². The van der Waals surface area contributed by atoms with Gasteiger partial charge in [0.1, 0.15) is 5.69 Å². The lowest BCUT2D eigenvalue weighted by Crippen LogP contribution is -2.38. The van der Waals surface area contributed by atoms with E-state index in [0.717, 1.165) is 5.56 Å². The van der Waals surface area contributed by atoms with Crippen LogP contribution in [0.5, 0.6) is 0 Å². The number of H-pyrrole nitrogens is 1. The Balaban J connectivity index is 2.22. The number of aromatic nitrogens is 2. The molecular formula is C16H18ClN3O3. The molecule has 2 rings (SSSR count). The molecule has 6 nitrogen and oxygen atoms in total. The molecule has 0 unspecified atom stereocenters. The highest BCUT2D eigenvalue weighted by Gasteiger charge is 2.22. The van der Waals surface area contributed by atoms with Gasteiger partial charge in [-0.3, -0.25) is 14.7 Å². The van der Waals surface area contributed by atoms with Crippen LogP contribution < -0.4 is 0 Å². The van der Waals surface area contributed by atoms with Crippen LogP contribution in [0.2, 0.25) is 5.02 Å². The van der Waals surface area contributed by atoms with Gasteiger partial charge in [-0.2, -0.15) is 5.10 Å². The fourth-order valence-corrected chi connectivity index (χ4v) is 2.44. The molecule has 1 aromatic heterocycles. The van der Waals surface area contributed by atoms with Crippen molar-refractivity contribution >= 4 is 23.5 Å². The number of carbonyl (C=O) groups is 2. The molecule has 2 aromatic rings. The fraction of sp³-hybridized carbons (Fsp3) is 0.312. The number of rotatable bonds is 6. The van der Waals surface area contributed by atoms with Crippen molar-refractivity contribution in [1.29, 1.82) is 0 Å². The van der Waals surface area contributed by atoms with Gasteiger partial charge < -0.3 is 10.0 Å². The molecule has 1 aromatic carbocycles. The Kier molecular flexibility index (Phi) is 5.39. The number of halogens is 1. The first kappa shape index (κ1) is 17.0. The number of nitrogens with zero attached hydrogens (tertiary/aromatic N) is 2. The average Bonchev–Trinajstić information content (AvgIpc) is 2.96. The van der Waals surface area contributed by atoms with Crippen molar-refractivity contribution in [2.75, 3.05) is 6.54 Å². The molecule has 0 saturated carbocycles. The zero-order valence-electron chi connectivity index (χ0n) is 12.9. The molecular weight excluding hydrogens is 318 g/mol. The van der Waals surface area contributed by atoms with Crippen molar-refractivity contribution in [2.24, 2.45) is 0 Å². The molecule has 0 saturated heterocycles. The van der Waals surface area contributed by atoms with Gasteiger partial charge in [-0.05, 0) is 26.0 Å². The highest BCUT2D eigenvalue weighted by Crippen LogP contribution is 2.26. The molecule has 0 aliphatic heterocycles. The summed E-state index contributed by atoms with van der Waals surface area (Å²) in [6, 6.07) is 8.73. The minimum atomic E-state index is -0.940. The highest BCUT2D eigenvalue weighted by atomic mass is 35.5. The number of benzene rings is 1. The minimum absolute atomic E-state index is 0.102. The molecule has 0 bridgehead atoms. The van der Waals surface area contributed by atoms with E-state index in [0.29, 0.717) is 16.4 Å². The topological polar surface area (TPSA) is 86.3 Å². The van der Waals surface area contributed by atoms with E-state index >= 15 is 0 Å². The Morgan fingerprint density at radius 3 is 2.65 bits per heavy atom. The van der Waals surface area contributed by atoms with Gasteiger partial charge in [0.25, 0.3) is 5.91 Å². The Morgan fingerprint density at radius 2 is 2.04 bits per heavy atom. The van der Waals surface area contributed by atoms with E-state index in [1.165, 1.54) is 4.90 Å². The minimum Gasteiger partial charge on any atom is -0.481 e. The third kappa shape index (κ3) is 4.10. The standard InChI is InChI=1S/C16H18ClN3O3/c1-10(2)20(8-7-15(21)22)16(23)14-9-13(18-19-14)11-5-3-4-6-12(11)17/h3-6,9-10H,7-8H2,1-2H3,(H,18,19)(H,21,22). The zero-order chi connectivity index (χ0) is 17.0. The van der Waals surface area contributed by atoms with Crippen molar-refractivity contribution in [3.05, 3.63) is 41.0 Å². The third-order valence-electron chi connectivity index (χ3n) is 3.41. The van der Waals surface area contributed by atoms with Crippen molar-refractivity contribution in [1.82, 2.24) is 15.1 Å². The summed E-state index contributed by atoms with van der Waals surface area (Å²) >= 11 is 6.13. The Hall–Kier alpha value is -2.34. The molecule has 0 aliphatic carbocycles. The van der Waals surface area contributed by atoms with Gasteiger partial charge in [0, 0.05) is 18.2 Å². The SMILES string of the molecule is CC(C)N(CCC(=O)O)C(=O)c1cc(-c2ccccc2Cl)n[nH]1. The predicted molar refractivity (Wildman–Crippen MR) is 87.5 cm³/mol. The second-order valence-corrected chi connectivity index (χ2v) is 5.79. The van der Waals surface area contributed by atoms with E-state index < -0.39 is 5.97 Å². The molecule has 0 aliphatic rings. The van der Waals surface area contributed by atoms with Crippen LogP contribution in [0.15, 0.2) is 30.3 Å². The molecule has 1 heterocycles. The summed E-state index contributed by atoms with van der Waals surface area (Å²) in [6.07, 6.45) is -0.102. The first-order valence-electron chi connectivity index (χ1n) is 7.23. The van der Waals surface area contributed by atoms with Gasteiger partial charge in [-0.1, -0.05) is 29.8 Å². The summed E-state index contributed by atoms with van der Waals surface area (Å²) < 4.78 is 0. The van der Waals surface area contributed by atoms with E-state index in [-0.39, 0.29) is 24.9 Å². The lowest BCUT2D eigenvalue weighted by molar-refractivity contribution is -0.137. The molecule has 0 radical (unpaired) electrons. The van der Waals surface area contributed by atoms with Gasteiger partial charge in [-0.15, -0.1) is 0 Å². The number of amides is 1. The summed E-state index contributed by atoms with van der Waals surface area (Å²) in [4.78, 5) is 24.8. The summed E-state index contributed by atoms with van der Waals surface area (Å²) in [5.74, 6) is -1.23. The molecule has 7 heteroatoms. The normalized spacial score (nSPS) is 10.8. The molecule has 0 spiro atoms. The molecule has 122 valence electrons. The smallest absolute Gasteiger partial charge is 0.305 e. The predicted octanol–water partition coefficient (Wildman–Crippen LogP) is 3.06. The van der Waals surface area contributed by atoms with Gasteiger partial charge in [0.05, 0.1) is 17.1 Å². The maximum Gasteiger partial charge on any atom is 0.305 e. The largest absolute Gasteiger partial charge is 0.481 e. The monoisotopic (exact) mass is 335 g/mol. The second-order valence-electron chi connectivity index (χ2n) is 5.38. The van der Waals surface area contributed by atoms with Crippen LogP contribution in [-0.2, 0) is 4.79 Å². The van der Waals surface area contributed by atoms with Gasteiger partial charge in [0.2, 0.25) is 0 Å². The van der Waals surface area contributed by atoms with Crippen LogP contribution in [0, 0.1) is 0 Å². The van der Waals surface area contributed by atoms with E-state index in [4.69, 9.17) is 16.7 Å². The van der Waals surface area contributed by atoms with Crippen LogP contribution in [0.25, 0.3) is 11.3 Å². The molecule has 1 amide bonds. The number of hydrogen-bond acceptors (Lipinski definition) is 3. The van der Waals surface area contributed by atoms with Crippen molar-refractivity contribution in [3.63, 3.8) is 0 Å². The first-order valence-corrected chi connectivity index (χ1v) is 7.61. The van der Waals surface area contributed by atoms with Crippen LogP contribution in [-0.4, -0.2) is 44.7 Å². The number of carboxylic acids is 1. The number of aromatic amines is 1. The van der Waals surface area contributed by atoms with Crippen LogP contribution >= 0.6 is 11.6 Å². The number of nitrogens with one attached hydrogen (secondary N) is 1. The number of carbonyl (C=O) groups excluding carboxylic acids is 1. The molecule has 0 fully saturated rings. The van der Waals surface area contributed by atoms with Crippen molar-refractivity contribution in [3.8, 4) is 11.3 Å². The maximum absolute atomic E-state index is 12.6. The summed E-state index contributed by atoms with van der Waals surface area (Å²) in [5, 5.41) is 16.2. The van der Waals surface area contributed by atoms with Gasteiger partial charge >= 0.3 is 5.97 Å². The Bertz CT molecular complexity index is 712. The average molecular weight is 336 g/mol. The van der Waals surface area contributed by atoms with Crippen molar-refractivity contribution in [2.45, 2.75) is 26.3 Å². The van der Waals surface area contributed by atoms with E-state index in [1.54, 1.807) is 12.1 Å².